The normalized spacial score (nSPS) is 19.4. The van der Waals surface area contributed by atoms with Gasteiger partial charge in [0.25, 0.3) is 0 Å². The first kappa shape index (κ1) is 11.6. The maximum atomic E-state index is 10.8. The number of carboxylic acid groups (broad SMARTS) is 1. The van der Waals surface area contributed by atoms with Crippen LogP contribution in [0.25, 0.3) is 0 Å². The Morgan fingerprint density at radius 2 is 2.44 bits per heavy atom. The number of carbonyl (C=O) groups is 1. The highest BCUT2D eigenvalue weighted by Gasteiger charge is 2.25. The van der Waals surface area contributed by atoms with Crippen LogP contribution in [-0.2, 0) is 4.79 Å². The second-order valence-corrected chi connectivity index (χ2v) is 5.68. The molecule has 5 heteroatoms. The van der Waals surface area contributed by atoms with Gasteiger partial charge in [-0.25, -0.2) is 0 Å². The molecule has 0 saturated heterocycles. The Balaban J connectivity index is 2.39. The van der Waals surface area contributed by atoms with Crippen molar-refractivity contribution in [1.82, 2.24) is 0 Å². The molecule has 0 amide bonds. The van der Waals surface area contributed by atoms with E-state index in [-0.39, 0.29) is 6.54 Å². The number of para-hydroxylation sites is 1. The van der Waals surface area contributed by atoms with Gasteiger partial charge in [0, 0.05) is 16.7 Å². The van der Waals surface area contributed by atoms with Crippen LogP contribution in [0, 0.1) is 0 Å². The molecule has 2 rings (SSSR count). The summed E-state index contributed by atoms with van der Waals surface area (Å²) in [4.78, 5) is 13.7. The summed E-state index contributed by atoms with van der Waals surface area (Å²) >= 11 is 7.86. The number of aliphatic carboxylic acids is 1. The van der Waals surface area contributed by atoms with Gasteiger partial charge >= 0.3 is 5.97 Å². The molecular weight excluding hydrogens is 246 g/mol. The Morgan fingerprint density at radius 1 is 1.69 bits per heavy atom. The van der Waals surface area contributed by atoms with Gasteiger partial charge in [0.1, 0.15) is 6.54 Å². The Morgan fingerprint density at radius 3 is 3.12 bits per heavy atom. The molecule has 1 aromatic carbocycles. The molecule has 16 heavy (non-hydrogen) atoms. The quantitative estimate of drug-likeness (QED) is 0.885. The Labute approximate surface area is 103 Å². The van der Waals surface area contributed by atoms with Gasteiger partial charge in [-0.05, 0) is 12.1 Å². The van der Waals surface area contributed by atoms with E-state index in [0.717, 1.165) is 10.6 Å². The molecule has 0 aromatic heterocycles. The first-order valence-electron chi connectivity index (χ1n) is 5.00. The number of hydrogen-bond donors (Lipinski definition) is 1. The number of hydrogen-bond acceptors (Lipinski definition) is 3. The maximum absolute atomic E-state index is 10.8. The van der Waals surface area contributed by atoms with Crippen molar-refractivity contribution in [3.05, 3.63) is 23.2 Å². The van der Waals surface area contributed by atoms with Gasteiger partial charge in [-0.1, -0.05) is 24.6 Å². The standard InChI is InChI=1S/C11H12ClNO2S/c1-7-5-13(6-10(14)15)11-8(12)3-2-4-9(11)16-7/h2-4,7H,5-6H2,1H3,(H,14,15). The molecular formula is C11H12ClNO2S. The van der Waals surface area contributed by atoms with Crippen molar-refractivity contribution in [2.75, 3.05) is 18.0 Å². The number of nitrogens with zero attached hydrogens (tertiary/aromatic N) is 1. The van der Waals surface area contributed by atoms with E-state index in [1.165, 1.54) is 0 Å². The molecule has 0 spiro atoms. The van der Waals surface area contributed by atoms with Crippen LogP contribution < -0.4 is 4.90 Å². The minimum Gasteiger partial charge on any atom is -0.480 e. The lowest BCUT2D eigenvalue weighted by molar-refractivity contribution is -0.135. The van der Waals surface area contributed by atoms with Gasteiger partial charge in [-0.3, -0.25) is 4.79 Å². The van der Waals surface area contributed by atoms with E-state index in [9.17, 15) is 4.79 Å². The summed E-state index contributed by atoms with van der Waals surface area (Å²) in [5.74, 6) is -0.829. The van der Waals surface area contributed by atoms with Crippen molar-refractivity contribution < 1.29 is 9.90 Å². The minimum atomic E-state index is -0.829. The fraction of sp³-hybridized carbons (Fsp3) is 0.364. The fourth-order valence-electron chi connectivity index (χ4n) is 1.86. The summed E-state index contributed by atoms with van der Waals surface area (Å²) in [5.41, 5.74) is 0.856. The fourth-order valence-corrected chi connectivity index (χ4v) is 3.41. The molecule has 0 radical (unpaired) electrons. The number of halogens is 1. The summed E-state index contributed by atoms with van der Waals surface area (Å²) in [5, 5.41) is 9.88. The Bertz CT molecular complexity index is 424. The first-order chi connectivity index (χ1) is 7.58. The molecule has 1 aliphatic heterocycles. The molecule has 1 atom stereocenters. The van der Waals surface area contributed by atoms with Crippen LogP contribution in [0.3, 0.4) is 0 Å². The van der Waals surface area contributed by atoms with Crippen LogP contribution in [0.15, 0.2) is 23.1 Å². The average molecular weight is 258 g/mol. The molecule has 0 fully saturated rings. The van der Waals surface area contributed by atoms with Crippen LogP contribution in [-0.4, -0.2) is 29.4 Å². The largest absolute Gasteiger partial charge is 0.480 e. The smallest absolute Gasteiger partial charge is 0.323 e. The van der Waals surface area contributed by atoms with Crippen LogP contribution in [0.1, 0.15) is 6.92 Å². The number of thioether (sulfide) groups is 1. The van der Waals surface area contributed by atoms with Gasteiger partial charge in [0.2, 0.25) is 0 Å². The van der Waals surface area contributed by atoms with Crippen molar-refractivity contribution in [2.24, 2.45) is 0 Å². The van der Waals surface area contributed by atoms with E-state index in [1.54, 1.807) is 17.8 Å². The summed E-state index contributed by atoms with van der Waals surface area (Å²) < 4.78 is 0. The second kappa shape index (κ2) is 4.55. The lowest BCUT2D eigenvalue weighted by atomic mass is 10.2. The predicted octanol–water partition coefficient (Wildman–Crippen LogP) is 2.73. The zero-order valence-corrected chi connectivity index (χ0v) is 10.4. The van der Waals surface area contributed by atoms with Crippen LogP contribution in [0.2, 0.25) is 5.02 Å². The summed E-state index contributed by atoms with van der Waals surface area (Å²) in [6.45, 7) is 2.80. The molecule has 1 N–H and O–H groups in total. The van der Waals surface area contributed by atoms with E-state index in [2.05, 4.69) is 6.92 Å². The van der Waals surface area contributed by atoms with Gasteiger partial charge in [0.05, 0.1) is 10.7 Å². The third-order valence-electron chi connectivity index (χ3n) is 2.40. The highest BCUT2D eigenvalue weighted by molar-refractivity contribution is 8.00. The summed E-state index contributed by atoms with van der Waals surface area (Å²) in [6.07, 6.45) is 0. The zero-order valence-electron chi connectivity index (χ0n) is 8.81. The first-order valence-corrected chi connectivity index (χ1v) is 6.25. The van der Waals surface area contributed by atoms with E-state index < -0.39 is 5.97 Å². The molecule has 1 heterocycles. The Hall–Kier alpha value is -0.870. The third kappa shape index (κ3) is 2.28. The molecule has 0 saturated carbocycles. The van der Waals surface area contributed by atoms with Crippen molar-refractivity contribution in [3.8, 4) is 0 Å². The van der Waals surface area contributed by atoms with Gasteiger partial charge in [-0.2, -0.15) is 0 Å². The number of fused-ring (bicyclic) bond motifs is 1. The van der Waals surface area contributed by atoms with Crippen molar-refractivity contribution in [3.63, 3.8) is 0 Å². The number of carboxylic acids is 1. The number of anilines is 1. The maximum Gasteiger partial charge on any atom is 0.323 e. The van der Waals surface area contributed by atoms with Crippen LogP contribution in [0.5, 0.6) is 0 Å². The molecule has 1 aromatic rings. The zero-order chi connectivity index (χ0) is 11.7. The van der Waals surface area contributed by atoms with Crippen molar-refractivity contribution >= 4 is 35.0 Å². The topological polar surface area (TPSA) is 40.5 Å². The van der Waals surface area contributed by atoms with Crippen LogP contribution >= 0.6 is 23.4 Å². The molecule has 3 nitrogen and oxygen atoms in total. The molecule has 0 aliphatic carbocycles. The highest BCUT2D eigenvalue weighted by Crippen LogP contribution is 2.42. The molecule has 0 bridgehead atoms. The van der Waals surface area contributed by atoms with E-state index >= 15 is 0 Å². The van der Waals surface area contributed by atoms with E-state index in [4.69, 9.17) is 16.7 Å². The monoisotopic (exact) mass is 257 g/mol. The molecule has 86 valence electrons. The molecule has 1 unspecified atom stereocenters. The lowest BCUT2D eigenvalue weighted by Gasteiger charge is -2.33. The minimum absolute atomic E-state index is 0.00162. The highest BCUT2D eigenvalue weighted by atomic mass is 35.5. The van der Waals surface area contributed by atoms with E-state index in [1.807, 2.05) is 17.0 Å². The second-order valence-electron chi connectivity index (χ2n) is 3.79. The van der Waals surface area contributed by atoms with E-state index in [0.29, 0.717) is 16.8 Å². The van der Waals surface area contributed by atoms with Crippen molar-refractivity contribution in [1.29, 1.82) is 0 Å². The van der Waals surface area contributed by atoms with Gasteiger partial charge < -0.3 is 10.0 Å². The number of rotatable bonds is 2. The summed E-state index contributed by atoms with van der Waals surface area (Å²) in [6, 6.07) is 5.67. The van der Waals surface area contributed by atoms with Crippen LogP contribution in [0.4, 0.5) is 5.69 Å². The van der Waals surface area contributed by atoms with Gasteiger partial charge in [0.15, 0.2) is 0 Å². The summed E-state index contributed by atoms with van der Waals surface area (Å²) in [7, 11) is 0. The number of benzene rings is 1. The average Bonchev–Trinajstić information content (AvgIpc) is 2.15. The lowest BCUT2D eigenvalue weighted by Crippen LogP contribution is -2.37. The predicted molar refractivity (Wildman–Crippen MR) is 66.6 cm³/mol. The van der Waals surface area contributed by atoms with Gasteiger partial charge in [-0.15, -0.1) is 11.8 Å². The molecule has 1 aliphatic rings. The van der Waals surface area contributed by atoms with Crippen molar-refractivity contribution in [2.45, 2.75) is 17.1 Å². The SMILES string of the molecule is CC1CN(CC(=O)O)c2c(Cl)cccc2S1. The Kier molecular flexibility index (Phi) is 3.30. The third-order valence-corrected chi connectivity index (χ3v) is 3.84.